The van der Waals surface area contributed by atoms with Gasteiger partial charge in [0.05, 0.1) is 13.2 Å². The van der Waals surface area contributed by atoms with Crippen LogP contribution in [0.15, 0.2) is 44.9 Å². The molecular formula is C20H21NO3S. The Kier molecular flexibility index (Phi) is 4.59. The molecule has 3 heterocycles. The molecule has 4 nitrogen and oxygen atoms in total. The monoisotopic (exact) mass is 355 g/mol. The Morgan fingerprint density at radius 3 is 2.64 bits per heavy atom. The SMILES string of the molecule is CCCc1ccc(-c2csc3c(=O)cc(N4CCOCC4)oc23)cc1. The number of hydrogen-bond donors (Lipinski definition) is 0. The van der Waals surface area contributed by atoms with Gasteiger partial charge in [-0.2, -0.15) is 0 Å². The summed E-state index contributed by atoms with van der Waals surface area (Å²) in [6, 6.07) is 10.2. The molecule has 3 aromatic rings. The fraction of sp³-hybridized carbons (Fsp3) is 0.350. The van der Waals surface area contributed by atoms with Gasteiger partial charge in [-0.15, -0.1) is 11.3 Å². The predicted octanol–water partition coefficient (Wildman–Crippen LogP) is 4.31. The zero-order valence-electron chi connectivity index (χ0n) is 14.3. The summed E-state index contributed by atoms with van der Waals surface area (Å²) in [7, 11) is 0. The molecule has 0 spiro atoms. The lowest BCUT2D eigenvalue weighted by Gasteiger charge is -2.27. The van der Waals surface area contributed by atoms with Gasteiger partial charge in [-0.05, 0) is 17.5 Å². The molecule has 25 heavy (non-hydrogen) atoms. The molecule has 4 rings (SSSR count). The summed E-state index contributed by atoms with van der Waals surface area (Å²) in [5.41, 5.74) is 4.15. The average molecular weight is 355 g/mol. The number of anilines is 1. The Hall–Kier alpha value is -2.11. The first-order valence-electron chi connectivity index (χ1n) is 8.73. The van der Waals surface area contributed by atoms with E-state index in [0.717, 1.165) is 37.1 Å². The standard InChI is InChI=1S/C20H21NO3S/c1-2-3-14-4-6-15(7-5-14)16-13-25-20-17(22)12-18(24-19(16)20)21-8-10-23-11-9-21/h4-7,12-13H,2-3,8-11H2,1H3. The van der Waals surface area contributed by atoms with Crippen molar-refractivity contribution in [3.63, 3.8) is 0 Å². The molecule has 0 unspecified atom stereocenters. The maximum atomic E-state index is 12.5. The number of morpholine rings is 1. The van der Waals surface area contributed by atoms with E-state index in [-0.39, 0.29) is 5.43 Å². The molecule has 0 atom stereocenters. The van der Waals surface area contributed by atoms with Crippen molar-refractivity contribution in [1.82, 2.24) is 0 Å². The van der Waals surface area contributed by atoms with Crippen LogP contribution in [-0.2, 0) is 11.2 Å². The molecule has 0 aliphatic carbocycles. The highest BCUT2D eigenvalue weighted by Crippen LogP contribution is 2.34. The van der Waals surface area contributed by atoms with Gasteiger partial charge in [0.2, 0.25) is 5.43 Å². The molecule has 0 amide bonds. The van der Waals surface area contributed by atoms with Crippen LogP contribution >= 0.6 is 11.3 Å². The topological polar surface area (TPSA) is 42.7 Å². The molecule has 130 valence electrons. The third-order valence-corrected chi connectivity index (χ3v) is 5.53. The van der Waals surface area contributed by atoms with Gasteiger partial charge in [0.1, 0.15) is 4.70 Å². The Morgan fingerprint density at radius 2 is 1.92 bits per heavy atom. The van der Waals surface area contributed by atoms with E-state index in [9.17, 15) is 4.79 Å². The second-order valence-electron chi connectivity index (χ2n) is 6.30. The van der Waals surface area contributed by atoms with Crippen molar-refractivity contribution in [2.75, 3.05) is 31.2 Å². The molecule has 1 saturated heterocycles. The predicted molar refractivity (Wildman–Crippen MR) is 103 cm³/mol. The van der Waals surface area contributed by atoms with Gasteiger partial charge >= 0.3 is 0 Å². The Balaban J connectivity index is 1.76. The second kappa shape index (κ2) is 7.02. The van der Waals surface area contributed by atoms with Crippen molar-refractivity contribution < 1.29 is 9.15 Å². The number of nitrogens with zero attached hydrogens (tertiary/aromatic N) is 1. The van der Waals surface area contributed by atoms with Crippen molar-refractivity contribution in [1.29, 1.82) is 0 Å². The third kappa shape index (κ3) is 3.22. The van der Waals surface area contributed by atoms with E-state index in [2.05, 4.69) is 36.1 Å². The highest BCUT2D eigenvalue weighted by atomic mass is 32.1. The van der Waals surface area contributed by atoms with Gasteiger partial charge in [0, 0.05) is 30.1 Å². The van der Waals surface area contributed by atoms with Gasteiger partial charge in [0.15, 0.2) is 11.5 Å². The maximum absolute atomic E-state index is 12.5. The number of fused-ring (bicyclic) bond motifs is 1. The smallest absolute Gasteiger partial charge is 0.204 e. The van der Waals surface area contributed by atoms with Crippen molar-refractivity contribution in [3.8, 4) is 11.1 Å². The number of aryl methyl sites for hydroxylation is 1. The van der Waals surface area contributed by atoms with Crippen molar-refractivity contribution >= 4 is 27.5 Å². The number of thiophene rings is 1. The maximum Gasteiger partial charge on any atom is 0.204 e. The van der Waals surface area contributed by atoms with Crippen LogP contribution in [0.5, 0.6) is 0 Å². The van der Waals surface area contributed by atoms with Crippen LogP contribution in [-0.4, -0.2) is 26.3 Å². The summed E-state index contributed by atoms with van der Waals surface area (Å²) < 4.78 is 12.2. The molecule has 1 aliphatic heterocycles. The average Bonchev–Trinajstić information content (AvgIpc) is 3.08. The van der Waals surface area contributed by atoms with Crippen LogP contribution in [0.25, 0.3) is 21.4 Å². The zero-order chi connectivity index (χ0) is 17.2. The minimum Gasteiger partial charge on any atom is -0.439 e. The van der Waals surface area contributed by atoms with E-state index in [4.69, 9.17) is 9.15 Å². The molecule has 5 heteroatoms. The first kappa shape index (κ1) is 16.4. The Labute approximate surface area is 150 Å². The molecular weight excluding hydrogens is 334 g/mol. The van der Waals surface area contributed by atoms with E-state index in [0.29, 0.717) is 29.4 Å². The molecule has 1 aliphatic rings. The summed E-state index contributed by atoms with van der Waals surface area (Å²) in [6.07, 6.45) is 2.22. The summed E-state index contributed by atoms with van der Waals surface area (Å²) in [4.78, 5) is 14.6. The van der Waals surface area contributed by atoms with E-state index < -0.39 is 0 Å². The normalized spacial score (nSPS) is 15.0. The van der Waals surface area contributed by atoms with E-state index in [1.807, 2.05) is 5.38 Å². The summed E-state index contributed by atoms with van der Waals surface area (Å²) in [5, 5.41) is 2.02. The molecule has 1 fully saturated rings. The van der Waals surface area contributed by atoms with Crippen LogP contribution in [0, 0.1) is 0 Å². The van der Waals surface area contributed by atoms with Crippen LogP contribution in [0.2, 0.25) is 0 Å². The number of hydrogen-bond acceptors (Lipinski definition) is 5. The van der Waals surface area contributed by atoms with E-state index in [1.165, 1.54) is 16.9 Å². The lowest BCUT2D eigenvalue weighted by Crippen LogP contribution is -2.36. The molecule has 0 N–H and O–H groups in total. The van der Waals surface area contributed by atoms with Crippen LogP contribution in [0.4, 0.5) is 5.88 Å². The molecule has 1 aromatic carbocycles. The van der Waals surface area contributed by atoms with E-state index >= 15 is 0 Å². The second-order valence-corrected chi connectivity index (χ2v) is 7.18. The zero-order valence-corrected chi connectivity index (χ0v) is 15.1. The number of benzene rings is 1. The van der Waals surface area contributed by atoms with E-state index in [1.54, 1.807) is 6.07 Å². The van der Waals surface area contributed by atoms with Crippen molar-refractivity contribution in [2.45, 2.75) is 19.8 Å². The Morgan fingerprint density at radius 1 is 1.16 bits per heavy atom. The summed E-state index contributed by atoms with van der Waals surface area (Å²) in [6.45, 7) is 5.01. The van der Waals surface area contributed by atoms with Gasteiger partial charge in [-0.1, -0.05) is 37.6 Å². The number of rotatable bonds is 4. The number of ether oxygens (including phenoxy) is 1. The van der Waals surface area contributed by atoms with Crippen LogP contribution < -0.4 is 10.3 Å². The highest BCUT2D eigenvalue weighted by molar-refractivity contribution is 7.17. The summed E-state index contributed by atoms with van der Waals surface area (Å²) >= 11 is 1.46. The minimum atomic E-state index is 0.0293. The lowest BCUT2D eigenvalue weighted by molar-refractivity contribution is 0.121. The van der Waals surface area contributed by atoms with Gasteiger partial charge in [-0.25, -0.2) is 0 Å². The first-order chi connectivity index (χ1) is 12.3. The van der Waals surface area contributed by atoms with Crippen LogP contribution in [0.1, 0.15) is 18.9 Å². The lowest BCUT2D eigenvalue weighted by atomic mass is 10.0. The van der Waals surface area contributed by atoms with Gasteiger partial charge < -0.3 is 14.1 Å². The van der Waals surface area contributed by atoms with Crippen molar-refractivity contribution in [2.24, 2.45) is 0 Å². The highest BCUT2D eigenvalue weighted by Gasteiger charge is 2.18. The minimum absolute atomic E-state index is 0.0293. The fourth-order valence-corrected chi connectivity index (χ4v) is 4.12. The summed E-state index contributed by atoms with van der Waals surface area (Å²) in [5.74, 6) is 0.642. The molecule has 2 aromatic heterocycles. The molecule has 0 saturated carbocycles. The van der Waals surface area contributed by atoms with Crippen molar-refractivity contribution in [3.05, 3.63) is 51.5 Å². The largest absolute Gasteiger partial charge is 0.439 e. The van der Waals surface area contributed by atoms with Crippen LogP contribution in [0.3, 0.4) is 0 Å². The quantitative estimate of drug-likeness (QED) is 0.699. The van der Waals surface area contributed by atoms with Gasteiger partial charge in [0.25, 0.3) is 0 Å². The van der Waals surface area contributed by atoms with Gasteiger partial charge in [-0.3, -0.25) is 4.79 Å². The third-order valence-electron chi connectivity index (χ3n) is 4.56. The fourth-order valence-electron chi connectivity index (χ4n) is 3.21. The Bertz CT molecular complexity index is 920. The first-order valence-corrected chi connectivity index (χ1v) is 9.61. The molecule has 0 radical (unpaired) electrons. The molecule has 0 bridgehead atoms.